The predicted octanol–water partition coefficient (Wildman–Crippen LogP) is 3.65. The topological polar surface area (TPSA) is 100 Å². The number of amides is 1. The first-order valence-electron chi connectivity index (χ1n) is 9.41. The summed E-state index contributed by atoms with van der Waals surface area (Å²) in [4.78, 5) is 15.9. The van der Waals surface area contributed by atoms with Crippen LogP contribution in [0.2, 0.25) is 0 Å². The molecule has 7 nitrogen and oxygen atoms in total. The third-order valence-electron chi connectivity index (χ3n) is 4.66. The molecule has 3 rings (SSSR count). The second kappa shape index (κ2) is 9.11. The number of halogens is 3. The number of anilines is 1. The molecule has 0 aliphatic carbocycles. The number of hydrogen-bond donors (Lipinski definition) is 2. The lowest BCUT2D eigenvalue weighted by Crippen LogP contribution is -2.46. The van der Waals surface area contributed by atoms with Crippen LogP contribution >= 0.6 is 0 Å². The Labute approximate surface area is 181 Å². The van der Waals surface area contributed by atoms with Crippen molar-refractivity contribution < 1.29 is 27.8 Å². The van der Waals surface area contributed by atoms with Gasteiger partial charge in [-0.1, -0.05) is 18.2 Å². The quantitative estimate of drug-likeness (QED) is 0.580. The number of carbonyl (C=O) groups is 1. The fraction of sp³-hybridized carbons (Fsp3) is 0.227. The number of rotatable bonds is 7. The summed E-state index contributed by atoms with van der Waals surface area (Å²) < 4.78 is 47.5. The fourth-order valence-electron chi connectivity index (χ4n) is 3.07. The molecule has 1 amide bonds. The molecule has 0 spiro atoms. The minimum absolute atomic E-state index is 0.153. The number of aliphatic hydroxyl groups is 1. The Morgan fingerprint density at radius 3 is 2.66 bits per heavy atom. The Kier molecular flexibility index (Phi) is 6.50. The van der Waals surface area contributed by atoms with Crippen molar-refractivity contribution in [1.82, 2.24) is 9.55 Å². The largest absolute Gasteiger partial charge is 0.489 e. The number of aromatic nitrogens is 2. The number of benzene rings is 2. The Bertz CT molecular complexity index is 1150. The number of carbonyl (C=O) groups excluding carboxylic acids is 1. The molecule has 0 radical (unpaired) electrons. The Morgan fingerprint density at radius 1 is 1.25 bits per heavy atom. The molecule has 1 heterocycles. The van der Waals surface area contributed by atoms with Crippen molar-refractivity contribution in [2.75, 3.05) is 5.32 Å². The Balaban J connectivity index is 1.70. The van der Waals surface area contributed by atoms with E-state index in [-0.39, 0.29) is 12.3 Å². The van der Waals surface area contributed by atoms with Crippen LogP contribution in [-0.2, 0) is 24.1 Å². The molecule has 32 heavy (non-hydrogen) atoms. The molecule has 3 aromatic rings. The number of hydrogen-bond acceptors (Lipinski definition) is 5. The van der Waals surface area contributed by atoms with Gasteiger partial charge in [0.25, 0.3) is 0 Å². The van der Waals surface area contributed by atoms with Crippen LogP contribution in [0.1, 0.15) is 23.4 Å². The zero-order chi connectivity index (χ0) is 23.4. The van der Waals surface area contributed by atoms with Crippen LogP contribution in [-0.4, -0.2) is 26.7 Å². The summed E-state index contributed by atoms with van der Waals surface area (Å²) in [6, 6.07) is 15.0. The van der Waals surface area contributed by atoms with Crippen LogP contribution in [0.4, 0.5) is 18.9 Å². The van der Waals surface area contributed by atoms with Gasteiger partial charge in [-0.05, 0) is 29.8 Å². The number of nitrogens with one attached hydrogen (secondary N) is 1. The number of nitriles is 1. The van der Waals surface area contributed by atoms with Crippen LogP contribution in [0.15, 0.2) is 60.9 Å². The highest BCUT2D eigenvalue weighted by Crippen LogP contribution is 2.41. The van der Waals surface area contributed by atoms with E-state index in [0.717, 1.165) is 16.3 Å². The monoisotopic (exact) mass is 444 g/mol. The number of ether oxygens (including phenoxy) is 1. The van der Waals surface area contributed by atoms with Gasteiger partial charge in [0.15, 0.2) is 5.82 Å². The maximum atomic E-state index is 13.6. The zero-order valence-electron chi connectivity index (χ0n) is 16.9. The summed E-state index contributed by atoms with van der Waals surface area (Å²) in [5.74, 6) is -1.37. The van der Waals surface area contributed by atoms with Crippen molar-refractivity contribution in [1.29, 1.82) is 5.26 Å². The fourth-order valence-corrected chi connectivity index (χ4v) is 3.07. The van der Waals surface area contributed by atoms with E-state index in [0.29, 0.717) is 11.3 Å². The van der Waals surface area contributed by atoms with Crippen molar-refractivity contribution in [2.24, 2.45) is 7.05 Å². The molecule has 0 saturated carbocycles. The third-order valence-corrected chi connectivity index (χ3v) is 4.66. The molecule has 1 aromatic heterocycles. The SMILES string of the molecule is Cn1ccnc1C(O)(CC(=O)Nc1cccc(OCc2cccc(C#N)c2)c1)C(F)(F)F. The molecule has 2 N–H and O–H groups in total. The van der Waals surface area contributed by atoms with Crippen LogP contribution in [0.3, 0.4) is 0 Å². The average Bonchev–Trinajstić information content (AvgIpc) is 3.18. The molecule has 0 saturated heterocycles. The Morgan fingerprint density at radius 2 is 2.00 bits per heavy atom. The molecule has 0 fully saturated rings. The van der Waals surface area contributed by atoms with E-state index in [4.69, 9.17) is 10.00 Å². The maximum absolute atomic E-state index is 13.6. The second-order valence-corrected chi connectivity index (χ2v) is 7.07. The molecule has 1 atom stereocenters. The molecule has 0 aliphatic heterocycles. The summed E-state index contributed by atoms with van der Waals surface area (Å²) in [5, 5.41) is 21.6. The van der Waals surface area contributed by atoms with E-state index in [1.165, 1.54) is 25.4 Å². The highest BCUT2D eigenvalue weighted by molar-refractivity contribution is 5.91. The van der Waals surface area contributed by atoms with E-state index < -0.39 is 29.9 Å². The summed E-state index contributed by atoms with van der Waals surface area (Å²) in [5.41, 5.74) is -2.02. The predicted molar refractivity (Wildman–Crippen MR) is 108 cm³/mol. The number of imidazole rings is 1. The smallest absolute Gasteiger partial charge is 0.425 e. The van der Waals surface area contributed by atoms with Gasteiger partial charge in [-0.3, -0.25) is 4.79 Å². The van der Waals surface area contributed by atoms with E-state index in [1.54, 1.807) is 36.4 Å². The molecular weight excluding hydrogens is 425 g/mol. The van der Waals surface area contributed by atoms with Crippen molar-refractivity contribution in [2.45, 2.75) is 24.8 Å². The first-order valence-corrected chi connectivity index (χ1v) is 9.41. The lowest BCUT2D eigenvalue weighted by molar-refractivity contribution is -0.270. The minimum atomic E-state index is -5.12. The normalized spacial score (nSPS) is 13.1. The average molecular weight is 444 g/mol. The molecule has 0 aliphatic rings. The van der Waals surface area contributed by atoms with Crippen LogP contribution in [0.25, 0.3) is 0 Å². The highest BCUT2D eigenvalue weighted by Gasteiger charge is 2.58. The Hall–Kier alpha value is -3.84. The minimum Gasteiger partial charge on any atom is -0.489 e. The van der Waals surface area contributed by atoms with Gasteiger partial charge in [0.1, 0.15) is 12.4 Å². The third kappa shape index (κ3) is 5.07. The number of nitrogens with zero attached hydrogens (tertiary/aromatic N) is 3. The molecule has 1 unspecified atom stereocenters. The molecule has 166 valence electrons. The van der Waals surface area contributed by atoms with Gasteiger partial charge in [0.2, 0.25) is 11.5 Å². The first-order chi connectivity index (χ1) is 15.1. The maximum Gasteiger partial charge on any atom is 0.425 e. The number of alkyl halides is 3. The lowest BCUT2D eigenvalue weighted by atomic mass is 9.97. The van der Waals surface area contributed by atoms with Crippen molar-refractivity contribution in [3.63, 3.8) is 0 Å². The highest BCUT2D eigenvalue weighted by atomic mass is 19.4. The van der Waals surface area contributed by atoms with Crippen LogP contribution in [0, 0.1) is 11.3 Å². The number of aryl methyl sites for hydroxylation is 1. The van der Waals surface area contributed by atoms with Gasteiger partial charge in [-0.25, -0.2) is 4.98 Å². The van der Waals surface area contributed by atoms with Crippen molar-refractivity contribution >= 4 is 11.6 Å². The first kappa shape index (κ1) is 22.8. The van der Waals surface area contributed by atoms with E-state index in [2.05, 4.69) is 10.3 Å². The van der Waals surface area contributed by atoms with Gasteiger partial charge in [0.05, 0.1) is 18.1 Å². The second-order valence-electron chi connectivity index (χ2n) is 7.07. The van der Waals surface area contributed by atoms with Gasteiger partial charge < -0.3 is 19.7 Å². The standard InChI is InChI=1S/C22H19F3N4O3/c1-29-9-8-27-20(29)21(31,22(23,24)25)12-19(30)28-17-6-3-7-18(11-17)32-14-16-5-2-4-15(10-16)13-26/h2-11,31H,12,14H2,1H3,(H,28,30). The van der Waals surface area contributed by atoms with E-state index in [9.17, 15) is 23.1 Å². The summed E-state index contributed by atoms with van der Waals surface area (Å²) in [7, 11) is 1.30. The molecular formula is C22H19F3N4O3. The van der Waals surface area contributed by atoms with Crippen LogP contribution in [0.5, 0.6) is 5.75 Å². The molecule has 10 heteroatoms. The summed E-state index contributed by atoms with van der Waals surface area (Å²) in [6.45, 7) is 0.153. The molecule has 2 aromatic carbocycles. The van der Waals surface area contributed by atoms with Gasteiger partial charge in [0, 0.05) is 31.2 Å². The van der Waals surface area contributed by atoms with Gasteiger partial charge >= 0.3 is 6.18 Å². The van der Waals surface area contributed by atoms with E-state index in [1.807, 2.05) is 6.07 Å². The molecule has 0 bridgehead atoms. The van der Waals surface area contributed by atoms with Crippen molar-refractivity contribution in [3.8, 4) is 11.8 Å². The lowest BCUT2D eigenvalue weighted by Gasteiger charge is -2.29. The summed E-state index contributed by atoms with van der Waals surface area (Å²) in [6.07, 6.45) is -4.03. The van der Waals surface area contributed by atoms with Crippen molar-refractivity contribution in [3.05, 3.63) is 77.9 Å². The van der Waals surface area contributed by atoms with Gasteiger partial charge in [-0.15, -0.1) is 0 Å². The summed E-state index contributed by atoms with van der Waals surface area (Å²) >= 11 is 0. The van der Waals surface area contributed by atoms with E-state index >= 15 is 0 Å². The van der Waals surface area contributed by atoms with Crippen LogP contribution < -0.4 is 10.1 Å². The zero-order valence-corrected chi connectivity index (χ0v) is 16.9. The van der Waals surface area contributed by atoms with Gasteiger partial charge in [-0.2, -0.15) is 18.4 Å².